The van der Waals surface area contributed by atoms with Gasteiger partial charge in [0.1, 0.15) is 6.61 Å². The quantitative estimate of drug-likeness (QED) is 0.118. The summed E-state index contributed by atoms with van der Waals surface area (Å²) in [5, 5.41) is 10.8. The number of nitrogens with one attached hydrogen (secondary N) is 2. The summed E-state index contributed by atoms with van der Waals surface area (Å²) < 4.78 is 12.2. The Morgan fingerprint density at radius 2 is 1.80 bits per heavy atom. The van der Waals surface area contributed by atoms with Crippen molar-refractivity contribution in [2.75, 3.05) is 12.4 Å². The maximum atomic E-state index is 12.7. The van der Waals surface area contributed by atoms with Gasteiger partial charge in [0.25, 0.3) is 5.91 Å². The highest BCUT2D eigenvalue weighted by Crippen LogP contribution is 2.37. The van der Waals surface area contributed by atoms with Gasteiger partial charge in [0, 0.05) is 27.2 Å². The average molecular weight is 648 g/mol. The van der Waals surface area contributed by atoms with E-state index in [0.29, 0.717) is 33.2 Å². The highest BCUT2D eigenvalue weighted by atomic mass is 79.9. The summed E-state index contributed by atoms with van der Waals surface area (Å²) in [4.78, 5) is 17.3. The smallest absolute Gasteiger partial charge is 0.271 e. The zero-order valence-electron chi connectivity index (χ0n) is 21.8. The molecule has 0 saturated heterocycles. The Balaban J connectivity index is 1.18. The summed E-state index contributed by atoms with van der Waals surface area (Å²) in [5.74, 6) is 0.808. The van der Waals surface area contributed by atoms with Gasteiger partial charge in [0.15, 0.2) is 16.6 Å². The van der Waals surface area contributed by atoms with E-state index in [9.17, 15) is 4.79 Å². The Bertz CT molecular complexity index is 1660. The summed E-state index contributed by atoms with van der Waals surface area (Å²) in [6, 6.07) is 28.1. The third-order valence-electron chi connectivity index (χ3n) is 5.90. The molecule has 0 radical (unpaired) electrons. The molecule has 0 bridgehead atoms. The van der Waals surface area contributed by atoms with E-state index < -0.39 is 0 Å². The Morgan fingerprint density at radius 3 is 2.54 bits per heavy atom. The first kappa shape index (κ1) is 28.4. The number of carbonyl (C=O) groups is 1. The minimum Gasteiger partial charge on any atom is -0.493 e. The number of anilines is 2. The van der Waals surface area contributed by atoms with Crippen LogP contribution in [0.1, 0.15) is 21.5 Å². The lowest BCUT2D eigenvalue weighted by atomic mass is 10.1. The molecule has 2 N–H and O–H groups in total. The van der Waals surface area contributed by atoms with Crippen LogP contribution in [0.3, 0.4) is 0 Å². The van der Waals surface area contributed by atoms with Gasteiger partial charge in [-0.05, 0) is 75.6 Å². The minimum absolute atomic E-state index is 0.329. The third kappa shape index (κ3) is 7.52. The number of amides is 1. The fourth-order valence-corrected chi connectivity index (χ4v) is 5.27. The Labute approximate surface area is 255 Å². The lowest BCUT2D eigenvalue weighted by Crippen LogP contribution is -2.17. The van der Waals surface area contributed by atoms with Gasteiger partial charge in [-0.3, -0.25) is 4.79 Å². The second kappa shape index (κ2) is 13.5. The fraction of sp³-hybridized carbons (Fsp3) is 0.0645. The van der Waals surface area contributed by atoms with Crippen LogP contribution in [0.25, 0.3) is 11.3 Å². The Morgan fingerprint density at radius 1 is 1.05 bits per heavy atom. The lowest BCUT2D eigenvalue weighted by Gasteiger charge is -2.13. The highest BCUT2D eigenvalue weighted by Gasteiger charge is 2.12. The van der Waals surface area contributed by atoms with Crippen LogP contribution < -0.4 is 20.2 Å². The van der Waals surface area contributed by atoms with Crippen LogP contribution in [-0.4, -0.2) is 24.2 Å². The van der Waals surface area contributed by atoms with E-state index >= 15 is 0 Å². The molecule has 5 aromatic rings. The molecule has 1 aromatic heterocycles. The molecule has 0 atom stereocenters. The molecule has 0 aliphatic rings. The van der Waals surface area contributed by atoms with E-state index in [1.165, 1.54) is 11.3 Å². The van der Waals surface area contributed by atoms with Crippen LogP contribution in [-0.2, 0) is 6.61 Å². The molecule has 41 heavy (non-hydrogen) atoms. The van der Waals surface area contributed by atoms with Gasteiger partial charge < -0.3 is 14.8 Å². The van der Waals surface area contributed by atoms with E-state index in [0.717, 1.165) is 33.2 Å². The SMILES string of the molecule is COc1cc(/C=N\NC(=O)c2ccc(-c3csc(Nc4ccc(Cl)cc4)n3)cc2)cc(Br)c1OCc1ccccc1. The lowest BCUT2D eigenvalue weighted by molar-refractivity contribution is 0.0955. The number of rotatable bonds is 10. The predicted molar refractivity (Wildman–Crippen MR) is 169 cm³/mol. The van der Waals surface area contributed by atoms with E-state index in [2.05, 4.69) is 36.8 Å². The molecule has 0 aliphatic heterocycles. The molecule has 0 fully saturated rings. The number of halogens is 2. The van der Waals surface area contributed by atoms with Gasteiger partial charge in [-0.15, -0.1) is 11.3 Å². The zero-order valence-corrected chi connectivity index (χ0v) is 25.0. The van der Waals surface area contributed by atoms with Gasteiger partial charge in [0.05, 0.1) is 23.5 Å². The Hall–Kier alpha value is -4.18. The maximum Gasteiger partial charge on any atom is 0.271 e. The first-order valence-corrected chi connectivity index (χ1v) is 14.5. The van der Waals surface area contributed by atoms with Crippen molar-refractivity contribution in [3.63, 3.8) is 0 Å². The molecular weight excluding hydrogens is 624 g/mol. The van der Waals surface area contributed by atoms with Crippen molar-refractivity contribution in [2.45, 2.75) is 6.61 Å². The normalized spacial score (nSPS) is 10.9. The molecule has 5 rings (SSSR count). The number of hydrogen-bond donors (Lipinski definition) is 2. The standard InChI is InChI=1S/C31H24BrClN4O3S/c1-39-28-16-21(15-26(32)29(28)40-18-20-5-3-2-4-6-20)17-34-37-30(38)23-9-7-22(8-10-23)27-19-41-31(36-27)35-25-13-11-24(33)12-14-25/h2-17,19H,18H2,1H3,(H,35,36)(H,37,38)/b34-17-. The van der Waals surface area contributed by atoms with Gasteiger partial charge in [-0.25, -0.2) is 10.4 Å². The molecule has 10 heteroatoms. The molecule has 0 aliphatic carbocycles. The number of thiazole rings is 1. The zero-order chi connectivity index (χ0) is 28.6. The summed E-state index contributed by atoms with van der Waals surface area (Å²) in [5.41, 5.74) is 7.43. The fourth-order valence-electron chi connectivity index (χ4n) is 3.83. The average Bonchev–Trinajstić information content (AvgIpc) is 3.46. The van der Waals surface area contributed by atoms with Crippen molar-refractivity contribution < 1.29 is 14.3 Å². The summed E-state index contributed by atoms with van der Waals surface area (Å²) in [7, 11) is 1.58. The molecule has 0 unspecified atom stereocenters. The molecule has 1 heterocycles. The first-order valence-electron chi connectivity index (χ1n) is 12.4. The number of nitrogens with zero attached hydrogens (tertiary/aromatic N) is 2. The van der Waals surface area contributed by atoms with Crippen LogP contribution in [0.4, 0.5) is 10.8 Å². The number of methoxy groups -OCH3 is 1. The third-order valence-corrected chi connectivity index (χ3v) is 7.50. The summed E-state index contributed by atoms with van der Waals surface area (Å²) in [6.07, 6.45) is 1.55. The van der Waals surface area contributed by atoms with Crippen LogP contribution in [0.5, 0.6) is 11.5 Å². The summed E-state index contributed by atoms with van der Waals surface area (Å²) in [6.45, 7) is 0.405. The summed E-state index contributed by atoms with van der Waals surface area (Å²) >= 11 is 11.0. The second-order valence-corrected chi connectivity index (χ2v) is 10.9. The van der Waals surface area contributed by atoms with Crippen molar-refractivity contribution in [3.8, 4) is 22.8 Å². The van der Waals surface area contributed by atoms with Gasteiger partial charge in [0.2, 0.25) is 0 Å². The van der Waals surface area contributed by atoms with Crippen molar-refractivity contribution in [1.29, 1.82) is 0 Å². The van der Waals surface area contributed by atoms with Crippen LogP contribution in [0.2, 0.25) is 5.02 Å². The molecular formula is C31H24BrClN4O3S. The number of aromatic nitrogens is 1. The maximum absolute atomic E-state index is 12.7. The second-order valence-electron chi connectivity index (χ2n) is 8.75. The van der Waals surface area contributed by atoms with E-state index in [4.69, 9.17) is 21.1 Å². The van der Waals surface area contributed by atoms with Gasteiger partial charge in [-0.2, -0.15) is 5.10 Å². The number of ether oxygens (including phenoxy) is 2. The van der Waals surface area contributed by atoms with Crippen LogP contribution >= 0.6 is 38.9 Å². The van der Waals surface area contributed by atoms with Crippen molar-refractivity contribution in [1.82, 2.24) is 10.4 Å². The van der Waals surface area contributed by atoms with Crippen LogP contribution in [0.15, 0.2) is 106 Å². The van der Waals surface area contributed by atoms with E-state index in [1.807, 2.05) is 78.2 Å². The van der Waals surface area contributed by atoms with Crippen LogP contribution in [0, 0.1) is 0 Å². The molecule has 0 spiro atoms. The molecule has 0 saturated carbocycles. The molecule has 1 amide bonds. The largest absolute Gasteiger partial charge is 0.493 e. The number of hydrazone groups is 1. The Kier molecular flexibility index (Phi) is 9.30. The topological polar surface area (TPSA) is 84.8 Å². The monoisotopic (exact) mass is 646 g/mol. The number of hydrogen-bond acceptors (Lipinski definition) is 7. The van der Waals surface area contributed by atoms with Crippen molar-refractivity contribution in [3.05, 3.63) is 123 Å². The minimum atomic E-state index is -0.329. The van der Waals surface area contributed by atoms with E-state index in [1.54, 1.807) is 31.5 Å². The number of carbonyl (C=O) groups excluding carboxylic acids is 1. The van der Waals surface area contributed by atoms with E-state index in [-0.39, 0.29) is 5.91 Å². The number of benzene rings is 4. The first-order chi connectivity index (χ1) is 20.0. The van der Waals surface area contributed by atoms with Crippen molar-refractivity contribution >= 4 is 61.8 Å². The van der Waals surface area contributed by atoms with Crippen molar-refractivity contribution in [2.24, 2.45) is 5.10 Å². The molecule has 7 nitrogen and oxygen atoms in total. The highest BCUT2D eigenvalue weighted by molar-refractivity contribution is 9.10. The molecule has 4 aromatic carbocycles. The van der Waals surface area contributed by atoms with Gasteiger partial charge >= 0.3 is 0 Å². The molecule has 206 valence electrons. The van der Waals surface area contributed by atoms with Gasteiger partial charge in [-0.1, -0.05) is 54.1 Å². The predicted octanol–water partition coefficient (Wildman–Crippen LogP) is 8.32.